The van der Waals surface area contributed by atoms with Crippen molar-refractivity contribution in [2.75, 3.05) is 26.2 Å². The fourth-order valence-electron chi connectivity index (χ4n) is 1.94. The maximum Gasteiger partial charge on any atom is 0.0900 e. The van der Waals surface area contributed by atoms with Crippen LogP contribution in [-0.2, 0) is 4.74 Å². The molecule has 1 heterocycles. The molecule has 1 fully saturated rings. The summed E-state index contributed by atoms with van der Waals surface area (Å²) in [4.78, 5) is 2.34. The van der Waals surface area contributed by atoms with E-state index in [0.29, 0.717) is 6.61 Å². The number of hydrogen-bond acceptors (Lipinski definition) is 3. The molecule has 0 bridgehead atoms. The molecular formula is C13H28ClNO2. The Morgan fingerprint density at radius 3 is 2.29 bits per heavy atom. The second kappa shape index (κ2) is 7.57. The minimum absolute atomic E-state index is 0. The minimum Gasteiger partial charge on any atom is -0.389 e. The molecule has 0 amide bonds. The van der Waals surface area contributed by atoms with Gasteiger partial charge in [0.2, 0.25) is 0 Å². The number of halogens is 1. The van der Waals surface area contributed by atoms with Gasteiger partial charge in [-0.15, -0.1) is 12.4 Å². The van der Waals surface area contributed by atoms with Crippen molar-refractivity contribution < 1.29 is 9.84 Å². The molecule has 0 saturated carbocycles. The van der Waals surface area contributed by atoms with Crippen LogP contribution in [0.5, 0.6) is 0 Å². The molecule has 0 spiro atoms. The lowest BCUT2D eigenvalue weighted by Crippen LogP contribution is -2.40. The van der Waals surface area contributed by atoms with E-state index in [-0.39, 0.29) is 24.1 Å². The standard InChI is InChI=1S/C13H27NO2.ClH/c1-11-5-7-14(8-6-11)9-12(15)10-16-13(2,3)4;/h11-12,15H,5-10H2,1-4H3;1H. The Morgan fingerprint density at radius 2 is 1.82 bits per heavy atom. The Bertz CT molecular complexity index is 198. The van der Waals surface area contributed by atoms with Gasteiger partial charge in [-0.1, -0.05) is 6.92 Å². The average molecular weight is 266 g/mol. The normalized spacial score (nSPS) is 21.0. The lowest BCUT2D eigenvalue weighted by atomic mass is 9.99. The summed E-state index contributed by atoms with van der Waals surface area (Å²) in [5.41, 5.74) is -0.155. The third-order valence-electron chi connectivity index (χ3n) is 3.05. The molecule has 104 valence electrons. The molecule has 1 saturated heterocycles. The molecule has 0 aliphatic carbocycles. The van der Waals surface area contributed by atoms with Crippen molar-refractivity contribution in [3.8, 4) is 0 Å². The van der Waals surface area contributed by atoms with Crippen molar-refractivity contribution in [2.45, 2.75) is 52.2 Å². The van der Waals surface area contributed by atoms with Crippen molar-refractivity contribution in [1.82, 2.24) is 4.90 Å². The summed E-state index contributed by atoms with van der Waals surface area (Å²) in [5, 5.41) is 9.86. The molecule has 1 N–H and O–H groups in total. The highest BCUT2D eigenvalue weighted by molar-refractivity contribution is 5.85. The second-order valence-electron chi connectivity index (χ2n) is 6.06. The van der Waals surface area contributed by atoms with Crippen LogP contribution < -0.4 is 0 Å². The van der Waals surface area contributed by atoms with Gasteiger partial charge in [0, 0.05) is 6.54 Å². The predicted octanol–water partition coefficient (Wildman–Crippen LogP) is 2.32. The van der Waals surface area contributed by atoms with E-state index >= 15 is 0 Å². The predicted molar refractivity (Wildman–Crippen MR) is 73.8 cm³/mol. The highest BCUT2D eigenvalue weighted by atomic mass is 35.5. The molecule has 4 heteroatoms. The first-order valence-corrected chi connectivity index (χ1v) is 6.41. The van der Waals surface area contributed by atoms with Crippen molar-refractivity contribution in [3.63, 3.8) is 0 Å². The fourth-order valence-corrected chi connectivity index (χ4v) is 1.94. The SMILES string of the molecule is CC1CCN(CC(O)COC(C)(C)C)CC1.Cl. The number of likely N-dealkylation sites (tertiary alicyclic amines) is 1. The van der Waals surface area contributed by atoms with Gasteiger partial charge >= 0.3 is 0 Å². The van der Waals surface area contributed by atoms with Gasteiger partial charge < -0.3 is 14.7 Å². The summed E-state index contributed by atoms with van der Waals surface area (Å²) in [5.74, 6) is 0.846. The molecule has 1 unspecified atom stereocenters. The van der Waals surface area contributed by atoms with E-state index in [4.69, 9.17) is 4.74 Å². The zero-order valence-electron chi connectivity index (χ0n) is 11.6. The van der Waals surface area contributed by atoms with E-state index in [0.717, 1.165) is 25.6 Å². The van der Waals surface area contributed by atoms with Crippen LogP contribution in [0.2, 0.25) is 0 Å². The van der Waals surface area contributed by atoms with E-state index in [1.54, 1.807) is 0 Å². The maximum absolute atomic E-state index is 9.86. The third kappa shape index (κ3) is 7.98. The number of hydrogen-bond donors (Lipinski definition) is 1. The molecule has 0 aromatic heterocycles. The lowest BCUT2D eigenvalue weighted by molar-refractivity contribution is -0.0577. The zero-order chi connectivity index (χ0) is 12.2. The van der Waals surface area contributed by atoms with Gasteiger partial charge in [-0.3, -0.25) is 0 Å². The van der Waals surface area contributed by atoms with Gasteiger partial charge in [-0.25, -0.2) is 0 Å². The molecule has 0 aromatic rings. The Hall–Kier alpha value is 0.170. The Morgan fingerprint density at radius 1 is 1.29 bits per heavy atom. The first-order valence-electron chi connectivity index (χ1n) is 6.41. The minimum atomic E-state index is -0.354. The topological polar surface area (TPSA) is 32.7 Å². The molecule has 1 rings (SSSR count). The number of nitrogens with zero attached hydrogens (tertiary/aromatic N) is 1. The number of ether oxygens (including phenoxy) is 1. The highest BCUT2D eigenvalue weighted by Gasteiger charge is 2.19. The van der Waals surface area contributed by atoms with Gasteiger partial charge in [0.1, 0.15) is 0 Å². The van der Waals surface area contributed by atoms with Crippen molar-refractivity contribution in [2.24, 2.45) is 5.92 Å². The Balaban J connectivity index is 0.00000256. The van der Waals surface area contributed by atoms with Crippen molar-refractivity contribution in [3.05, 3.63) is 0 Å². The largest absolute Gasteiger partial charge is 0.389 e. The van der Waals surface area contributed by atoms with E-state index in [1.807, 2.05) is 20.8 Å². The van der Waals surface area contributed by atoms with Crippen LogP contribution in [0.25, 0.3) is 0 Å². The van der Waals surface area contributed by atoms with Crippen molar-refractivity contribution >= 4 is 12.4 Å². The van der Waals surface area contributed by atoms with Gasteiger partial charge in [0.15, 0.2) is 0 Å². The molecular weight excluding hydrogens is 238 g/mol. The van der Waals surface area contributed by atoms with Gasteiger partial charge in [0.05, 0.1) is 18.3 Å². The summed E-state index contributed by atoms with van der Waals surface area (Å²) in [7, 11) is 0. The van der Waals surface area contributed by atoms with E-state index in [1.165, 1.54) is 12.8 Å². The summed E-state index contributed by atoms with van der Waals surface area (Å²) < 4.78 is 5.58. The van der Waals surface area contributed by atoms with E-state index < -0.39 is 0 Å². The summed E-state index contributed by atoms with van der Waals surface area (Å²) >= 11 is 0. The zero-order valence-corrected chi connectivity index (χ0v) is 12.4. The summed E-state index contributed by atoms with van der Waals surface area (Å²) in [6, 6.07) is 0. The monoisotopic (exact) mass is 265 g/mol. The van der Waals surface area contributed by atoms with E-state index in [9.17, 15) is 5.11 Å². The summed E-state index contributed by atoms with van der Waals surface area (Å²) in [6.45, 7) is 11.8. The molecule has 1 aliphatic rings. The van der Waals surface area contributed by atoms with Crippen LogP contribution in [0.15, 0.2) is 0 Å². The van der Waals surface area contributed by atoms with Gasteiger partial charge in [0.25, 0.3) is 0 Å². The molecule has 0 radical (unpaired) electrons. The number of aliphatic hydroxyl groups is 1. The van der Waals surface area contributed by atoms with Crippen LogP contribution in [0.3, 0.4) is 0 Å². The van der Waals surface area contributed by atoms with E-state index in [2.05, 4.69) is 11.8 Å². The lowest BCUT2D eigenvalue weighted by Gasteiger charge is -2.32. The van der Waals surface area contributed by atoms with Crippen LogP contribution in [0.1, 0.15) is 40.5 Å². The van der Waals surface area contributed by atoms with Crippen LogP contribution in [0, 0.1) is 5.92 Å². The van der Waals surface area contributed by atoms with Crippen LogP contribution in [-0.4, -0.2) is 48.0 Å². The van der Waals surface area contributed by atoms with Gasteiger partial charge in [-0.05, 0) is 52.6 Å². The van der Waals surface area contributed by atoms with Gasteiger partial charge in [-0.2, -0.15) is 0 Å². The smallest absolute Gasteiger partial charge is 0.0900 e. The quantitative estimate of drug-likeness (QED) is 0.847. The van der Waals surface area contributed by atoms with Crippen LogP contribution in [0.4, 0.5) is 0 Å². The third-order valence-corrected chi connectivity index (χ3v) is 3.05. The molecule has 3 nitrogen and oxygen atoms in total. The Kier molecular flexibility index (Phi) is 7.65. The molecule has 1 aliphatic heterocycles. The Labute approximate surface area is 112 Å². The first kappa shape index (κ1) is 17.2. The average Bonchev–Trinajstić information content (AvgIpc) is 2.18. The molecule has 0 aromatic carbocycles. The highest BCUT2D eigenvalue weighted by Crippen LogP contribution is 2.16. The van der Waals surface area contributed by atoms with Crippen LogP contribution >= 0.6 is 12.4 Å². The first-order chi connectivity index (χ1) is 7.37. The number of piperidine rings is 1. The summed E-state index contributed by atoms with van der Waals surface area (Å²) in [6.07, 6.45) is 2.16. The molecule has 17 heavy (non-hydrogen) atoms. The second-order valence-corrected chi connectivity index (χ2v) is 6.06. The van der Waals surface area contributed by atoms with Crippen molar-refractivity contribution in [1.29, 1.82) is 0 Å². The maximum atomic E-state index is 9.86. The number of aliphatic hydroxyl groups excluding tert-OH is 1. The fraction of sp³-hybridized carbons (Fsp3) is 1.00. The molecule has 1 atom stereocenters. The number of β-amino-alcohol motifs (C(OH)–C–C–N with tert-alkyl or cyclic N) is 1. The number of rotatable bonds is 4.